The molecule has 0 unspecified atom stereocenters. The molecule has 0 radical (unpaired) electrons. The quantitative estimate of drug-likeness (QED) is 0.182. The summed E-state index contributed by atoms with van der Waals surface area (Å²) in [4.78, 5) is 43.5. The average molecular weight is 590 g/mol. The molecule has 0 saturated carbocycles. The van der Waals surface area contributed by atoms with E-state index in [1.165, 1.54) is 37.4 Å². The Hall–Kier alpha value is -4.81. The minimum absolute atomic E-state index is 0.0455. The predicted molar refractivity (Wildman–Crippen MR) is 160 cm³/mol. The van der Waals surface area contributed by atoms with Crippen LogP contribution >= 0.6 is 0 Å². The van der Waals surface area contributed by atoms with Gasteiger partial charge in [-0.25, -0.2) is 9.78 Å². The normalized spacial score (nSPS) is 15.4. The topological polar surface area (TPSA) is 186 Å². The molecule has 3 aromatic rings. The molecule has 2 aromatic carbocycles. The molecule has 1 saturated heterocycles. The Morgan fingerprint density at radius 2 is 1.58 bits per heavy atom. The van der Waals surface area contributed by atoms with Gasteiger partial charge in [-0.2, -0.15) is 0 Å². The molecular weight excluding hydrogens is 554 g/mol. The number of ether oxygens (including phenoxy) is 3. The van der Waals surface area contributed by atoms with Crippen LogP contribution < -0.4 is 21.1 Å². The first-order valence-electron chi connectivity index (χ1n) is 13.5. The fourth-order valence-electron chi connectivity index (χ4n) is 4.50. The fraction of sp³-hybridized carbons (Fsp3) is 0.323. The van der Waals surface area contributed by atoms with E-state index >= 15 is 0 Å². The van der Waals surface area contributed by atoms with Crippen molar-refractivity contribution in [3.8, 4) is 17.0 Å². The summed E-state index contributed by atoms with van der Waals surface area (Å²) in [6.45, 7) is 7.92. The number of aromatic carboxylic acids is 1. The monoisotopic (exact) mass is 589 g/mol. The number of carbonyl (C=O) groups is 3. The van der Waals surface area contributed by atoms with Gasteiger partial charge in [0.1, 0.15) is 11.5 Å². The molecule has 2 heterocycles. The Labute approximate surface area is 249 Å². The first kappa shape index (κ1) is 31.1. The zero-order chi connectivity index (χ0) is 31.5. The molecule has 1 aromatic heterocycles. The molecule has 43 heavy (non-hydrogen) atoms. The highest BCUT2D eigenvalue weighted by molar-refractivity contribution is 6.10. The highest BCUT2D eigenvalue weighted by atomic mass is 16.7. The van der Waals surface area contributed by atoms with E-state index in [9.17, 15) is 19.5 Å². The van der Waals surface area contributed by atoms with Crippen LogP contribution in [0, 0.1) is 11.3 Å². The summed E-state index contributed by atoms with van der Waals surface area (Å²) < 4.78 is 16.9. The lowest BCUT2D eigenvalue weighted by molar-refractivity contribution is -0.275. The number of carboxylic acid groups (broad SMARTS) is 1. The van der Waals surface area contributed by atoms with Crippen LogP contribution in [0.2, 0.25) is 0 Å². The third-order valence-electron chi connectivity index (χ3n) is 7.37. The van der Waals surface area contributed by atoms with Gasteiger partial charge in [-0.3, -0.25) is 15.0 Å². The molecule has 226 valence electrons. The zero-order valence-electron chi connectivity index (χ0n) is 24.6. The Morgan fingerprint density at radius 1 is 0.977 bits per heavy atom. The molecule has 0 aliphatic carbocycles. The minimum atomic E-state index is -1.30. The number of nitrogens with zero attached hydrogens (tertiary/aromatic N) is 1. The van der Waals surface area contributed by atoms with Crippen molar-refractivity contribution in [2.75, 3.05) is 25.6 Å². The largest absolute Gasteiger partial charge is 0.481 e. The SMILES string of the molecule is COc1ccc(-c2ccc(C(=O)NC3(C(C)C)COC(C)(C)OC3)cc2C(=O)O)c(C(=O)Nc2ccc(C(=N)N)cc2)n1. The highest BCUT2D eigenvalue weighted by Gasteiger charge is 2.43. The number of rotatable bonds is 9. The van der Waals surface area contributed by atoms with Crippen molar-refractivity contribution in [2.24, 2.45) is 11.7 Å². The van der Waals surface area contributed by atoms with Gasteiger partial charge in [-0.15, -0.1) is 0 Å². The lowest BCUT2D eigenvalue weighted by atomic mass is 9.86. The van der Waals surface area contributed by atoms with Gasteiger partial charge < -0.3 is 35.7 Å². The minimum Gasteiger partial charge on any atom is -0.481 e. The van der Waals surface area contributed by atoms with Gasteiger partial charge in [0.2, 0.25) is 5.88 Å². The average Bonchev–Trinajstić information content (AvgIpc) is 2.97. The third-order valence-corrected chi connectivity index (χ3v) is 7.37. The molecule has 2 amide bonds. The van der Waals surface area contributed by atoms with Crippen molar-refractivity contribution >= 4 is 29.3 Å². The van der Waals surface area contributed by atoms with E-state index < -0.39 is 29.1 Å². The number of carboxylic acids is 1. The Bertz CT molecular complexity index is 1560. The van der Waals surface area contributed by atoms with E-state index in [1.54, 1.807) is 38.1 Å². The van der Waals surface area contributed by atoms with Crippen molar-refractivity contribution in [2.45, 2.75) is 39.0 Å². The van der Waals surface area contributed by atoms with E-state index in [0.717, 1.165) is 0 Å². The number of methoxy groups -OCH3 is 1. The van der Waals surface area contributed by atoms with Crippen molar-refractivity contribution < 1.29 is 33.7 Å². The second kappa shape index (κ2) is 12.2. The number of carbonyl (C=O) groups excluding carboxylic acids is 2. The van der Waals surface area contributed by atoms with Gasteiger partial charge in [0.25, 0.3) is 11.8 Å². The van der Waals surface area contributed by atoms with E-state index in [0.29, 0.717) is 11.3 Å². The summed E-state index contributed by atoms with van der Waals surface area (Å²) in [5.74, 6) is -3.21. The molecule has 6 N–H and O–H groups in total. The number of hydrogen-bond acceptors (Lipinski definition) is 8. The van der Waals surface area contributed by atoms with Crippen LogP contribution in [-0.2, 0) is 9.47 Å². The van der Waals surface area contributed by atoms with Crippen LogP contribution in [0.25, 0.3) is 11.1 Å². The van der Waals surface area contributed by atoms with Crippen LogP contribution in [0.5, 0.6) is 5.88 Å². The number of nitrogen functional groups attached to an aromatic ring is 1. The van der Waals surface area contributed by atoms with Crippen LogP contribution in [0.4, 0.5) is 5.69 Å². The van der Waals surface area contributed by atoms with Gasteiger partial charge in [0.05, 0.1) is 31.4 Å². The maximum Gasteiger partial charge on any atom is 0.336 e. The van der Waals surface area contributed by atoms with Gasteiger partial charge in [-0.05, 0) is 67.8 Å². The molecular formula is C31H35N5O7. The molecule has 12 heteroatoms. The molecule has 1 aliphatic heterocycles. The van der Waals surface area contributed by atoms with Gasteiger partial charge in [0.15, 0.2) is 5.79 Å². The van der Waals surface area contributed by atoms with Crippen LogP contribution in [0.3, 0.4) is 0 Å². The Morgan fingerprint density at radius 3 is 2.14 bits per heavy atom. The van der Waals surface area contributed by atoms with Crippen LogP contribution in [0.15, 0.2) is 54.6 Å². The fourth-order valence-corrected chi connectivity index (χ4v) is 4.50. The first-order valence-corrected chi connectivity index (χ1v) is 13.5. The number of nitrogens with two attached hydrogens (primary N) is 1. The second-order valence-corrected chi connectivity index (χ2v) is 11.0. The lowest BCUT2D eigenvalue weighted by Crippen LogP contribution is -2.63. The number of pyridine rings is 1. The van der Waals surface area contributed by atoms with Crippen molar-refractivity contribution in [1.82, 2.24) is 10.3 Å². The lowest BCUT2D eigenvalue weighted by Gasteiger charge is -2.46. The first-order chi connectivity index (χ1) is 20.2. The number of hydrogen-bond donors (Lipinski definition) is 5. The summed E-state index contributed by atoms with van der Waals surface area (Å²) in [7, 11) is 1.40. The maximum atomic E-state index is 13.4. The number of amides is 2. The number of nitrogens with one attached hydrogen (secondary N) is 3. The number of amidine groups is 1. The smallest absolute Gasteiger partial charge is 0.336 e. The van der Waals surface area contributed by atoms with Crippen molar-refractivity contribution in [1.29, 1.82) is 5.41 Å². The zero-order valence-corrected chi connectivity index (χ0v) is 24.6. The van der Waals surface area contributed by atoms with E-state index in [2.05, 4.69) is 15.6 Å². The molecule has 4 rings (SSSR count). The number of benzene rings is 2. The second-order valence-electron chi connectivity index (χ2n) is 11.0. The summed E-state index contributed by atoms with van der Waals surface area (Å²) in [5.41, 5.74) is 5.81. The summed E-state index contributed by atoms with van der Waals surface area (Å²) in [6.07, 6.45) is 0. The number of aromatic nitrogens is 1. The van der Waals surface area contributed by atoms with E-state index in [1.807, 2.05) is 13.8 Å². The summed E-state index contributed by atoms with van der Waals surface area (Å²) in [5, 5.41) is 23.4. The van der Waals surface area contributed by atoms with Crippen molar-refractivity contribution in [3.63, 3.8) is 0 Å². The predicted octanol–water partition coefficient (Wildman–Crippen LogP) is 3.90. The summed E-state index contributed by atoms with van der Waals surface area (Å²) in [6, 6.07) is 13.6. The molecule has 0 spiro atoms. The summed E-state index contributed by atoms with van der Waals surface area (Å²) >= 11 is 0. The molecule has 1 fully saturated rings. The molecule has 0 bridgehead atoms. The molecule has 0 atom stereocenters. The van der Waals surface area contributed by atoms with E-state index in [4.69, 9.17) is 25.4 Å². The molecule has 12 nitrogen and oxygen atoms in total. The standard InChI is InChI=1S/C31H35N5O7/c1-17(2)31(15-42-30(3,4)43-16-31)36-27(37)19-8-11-21(23(14-19)29(39)40)22-12-13-24(41-5)35-25(22)28(38)34-20-9-6-18(7-10-20)26(32)33/h6-14,17H,15-16H2,1-5H3,(H3,32,33)(H,34,38)(H,36,37)(H,39,40). The van der Waals surface area contributed by atoms with Crippen LogP contribution in [-0.4, -0.2) is 65.4 Å². The highest BCUT2D eigenvalue weighted by Crippen LogP contribution is 2.32. The Kier molecular flexibility index (Phi) is 8.83. The van der Waals surface area contributed by atoms with Gasteiger partial charge >= 0.3 is 5.97 Å². The van der Waals surface area contributed by atoms with Crippen LogP contribution in [0.1, 0.15) is 64.5 Å². The number of anilines is 1. The Balaban J connectivity index is 1.68. The maximum absolute atomic E-state index is 13.4. The van der Waals surface area contributed by atoms with Crippen molar-refractivity contribution in [3.05, 3.63) is 77.0 Å². The molecule has 1 aliphatic rings. The third kappa shape index (κ3) is 6.82. The van der Waals surface area contributed by atoms with Gasteiger partial charge in [-0.1, -0.05) is 19.9 Å². The van der Waals surface area contributed by atoms with E-state index in [-0.39, 0.29) is 58.8 Å². The van der Waals surface area contributed by atoms with Gasteiger partial charge in [0, 0.05) is 28.4 Å².